The van der Waals surface area contributed by atoms with Crippen molar-refractivity contribution < 1.29 is 9.90 Å². The Morgan fingerprint density at radius 1 is 1.17 bits per heavy atom. The van der Waals surface area contributed by atoms with Gasteiger partial charge in [0.1, 0.15) is 5.82 Å². The molecule has 122 valence electrons. The molecule has 1 aromatic heterocycles. The molecule has 0 aliphatic carbocycles. The van der Waals surface area contributed by atoms with Crippen LogP contribution < -0.4 is 0 Å². The number of nitrogens with zero attached hydrogens (tertiary/aromatic N) is 3. The monoisotopic (exact) mass is 391 g/mol. The van der Waals surface area contributed by atoms with Gasteiger partial charge >= 0.3 is 5.97 Å². The summed E-state index contributed by atoms with van der Waals surface area (Å²) < 4.78 is -1.71. The summed E-state index contributed by atoms with van der Waals surface area (Å²) in [6.07, 6.45) is 0.117. The average molecular weight is 393 g/mol. The van der Waals surface area contributed by atoms with Crippen molar-refractivity contribution in [2.45, 2.75) is 22.0 Å². The molecule has 0 saturated heterocycles. The van der Waals surface area contributed by atoms with Crippen LogP contribution in [-0.4, -0.2) is 31.8 Å². The van der Waals surface area contributed by atoms with Crippen LogP contribution in [0.25, 0.3) is 11.4 Å². The van der Waals surface area contributed by atoms with E-state index in [9.17, 15) is 4.79 Å². The van der Waals surface area contributed by atoms with Crippen LogP contribution in [-0.2, 0) is 8.59 Å². The van der Waals surface area contributed by atoms with Gasteiger partial charge in [0, 0.05) is 16.2 Å². The number of halogens is 3. The number of alkyl halides is 3. The zero-order valence-electron chi connectivity index (χ0n) is 12.0. The van der Waals surface area contributed by atoms with Crippen LogP contribution in [0, 0.1) is 6.92 Å². The lowest BCUT2D eigenvalue weighted by Crippen LogP contribution is -2.10. The number of hydrogen-bond acceptors (Lipinski definition) is 5. The highest BCUT2D eigenvalue weighted by molar-refractivity contribution is 7.99. The smallest absolute Gasteiger partial charge is 0.304 e. The van der Waals surface area contributed by atoms with Crippen LogP contribution >= 0.6 is 46.6 Å². The summed E-state index contributed by atoms with van der Waals surface area (Å²) in [5.74, 6) is 0.646. The molecule has 1 aromatic carbocycles. The second-order valence-corrected chi connectivity index (χ2v) is 7.99. The van der Waals surface area contributed by atoms with Crippen LogP contribution in [0.3, 0.4) is 0 Å². The van der Waals surface area contributed by atoms with E-state index in [1.165, 1.54) is 11.8 Å². The van der Waals surface area contributed by atoms with E-state index in [0.29, 0.717) is 17.4 Å². The maximum absolute atomic E-state index is 10.5. The molecule has 0 spiro atoms. The maximum Gasteiger partial charge on any atom is 0.304 e. The predicted octanol–water partition coefficient (Wildman–Crippen LogP) is 4.24. The Morgan fingerprint density at radius 3 is 2.39 bits per heavy atom. The second kappa shape index (κ2) is 7.66. The van der Waals surface area contributed by atoms with E-state index < -0.39 is 9.76 Å². The summed E-state index contributed by atoms with van der Waals surface area (Å²) in [6.45, 7) is 1.70. The SMILES string of the molecule is Cc1nc(-c2ccc(SCCC(=O)O)cc2)nc(C(Cl)(Cl)Cl)n1. The minimum atomic E-state index is -1.71. The summed E-state index contributed by atoms with van der Waals surface area (Å²) in [4.78, 5) is 23.9. The molecule has 0 bridgehead atoms. The number of thioether (sulfide) groups is 1. The van der Waals surface area contributed by atoms with Gasteiger partial charge in [-0.15, -0.1) is 11.8 Å². The molecule has 0 saturated carbocycles. The van der Waals surface area contributed by atoms with Gasteiger partial charge in [-0.2, -0.15) is 0 Å². The molecule has 0 aliphatic heterocycles. The maximum atomic E-state index is 10.5. The van der Waals surface area contributed by atoms with Crippen LogP contribution in [0.2, 0.25) is 0 Å². The number of rotatable bonds is 5. The molecule has 2 aromatic rings. The van der Waals surface area contributed by atoms with E-state index >= 15 is 0 Å². The highest BCUT2D eigenvalue weighted by atomic mass is 35.6. The van der Waals surface area contributed by atoms with Gasteiger partial charge < -0.3 is 5.11 Å². The fraction of sp³-hybridized carbons (Fsp3) is 0.286. The summed E-state index contributed by atoms with van der Waals surface area (Å²) in [7, 11) is 0. The first-order valence-electron chi connectivity index (χ1n) is 6.50. The van der Waals surface area contributed by atoms with E-state index in [2.05, 4.69) is 15.0 Å². The molecular formula is C14H12Cl3N3O2S. The largest absolute Gasteiger partial charge is 0.481 e. The van der Waals surface area contributed by atoms with Gasteiger partial charge in [-0.05, 0) is 19.1 Å². The van der Waals surface area contributed by atoms with Crippen molar-refractivity contribution in [3.8, 4) is 11.4 Å². The van der Waals surface area contributed by atoms with Gasteiger partial charge in [0.15, 0.2) is 11.6 Å². The quantitative estimate of drug-likeness (QED) is 0.606. The van der Waals surface area contributed by atoms with Crippen LogP contribution in [0.15, 0.2) is 29.2 Å². The van der Waals surface area contributed by atoms with Crippen LogP contribution in [0.5, 0.6) is 0 Å². The number of benzene rings is 1. The first kappa shape index (κ1) is 18.3. The third kappa shape index (κ3) is 5.49. The zero-order chi connectivity index (χ0) is 17.0. The number of aromatic nitrogens is 3. The van der Waals surface area contributed by atoms with E-state index in [-0.39, 0.29) is 12.2 Å². The Hall–Kier alpha value is -1.08. The summed E-state index contributed by atoms with van der Waals surface area (Å²) in [5, 5.41) is 8.63. The molecule has 0 amide bonds. The van der Waals surface area contributed by atoms with Crippen molar-refractivity contribution >= 4 is 52.5 Å². The summed E-state index contributed by atoms with van der Waals surface area (Å²) in [6, 6.07) is 7.41. The van der Waals surface area contributed by atoms with Gasteiger partial charge in [-0.1, -0.05) is 46.9 Å². The molecule has 0 aliphatic rings. The third-order valence-corrected chi connectivity index (χ3v) is 4.22. The van der Waals surface area contributed by atoms with Crippen LogP contribution in [0.1, 0.15) is 18.1 Å². The summed E-state index contributed by atoms with van der Waals surface area (Å²) in [5.41, 5.74) is 0.758. The Morgan fingerprint density at radius 2 is 1.83 bits per heavy atom. The van der Waals surface area contributed by atoms with Crippen molar-refractivity contribution in [2.24, 2.45) is 0 Å². The summed E-state index contributed by atoms with van der Waals surface area (Å²) >= 11 is 18.9. The molecule has 0 fully saturated rings. The number of carboxylic acids is 1. The highest BCUT2D eigenvalue weighted by Crippen LogP contribution is 2.36. The molecule has 0 unspecified atom stereocenters. The van der Waals surface area contributed by atoms with E-state index in [1.54, 1.807) is 6.92 Å². The van der Waals surface area contributed by atoms with Crippen LogP contribution in [0.4, 0.5) is 0 Å². The highest BCUT2D eigenvalue weighted by Gasteiger charge is 2.27. The normalized spacial score (nSPS) is 11.5. The van der Waals surface area contributed by atoms with Crippen molar-refractivity contribution in [2.75, 3.05) is 5.75 Å². The minimum Gasteiger partial charge on any atom is -0.481 e. The molecule has 23 heavy (non-hydrogen) atoms. The standard InChI is InChI=1S/C14H12Cl3N3O2S/c1-8-18-12(20-13(19-8)14(15,16)17)9-2-4-10(5-3-9)23-7-6-11(21)22/h2-5H,6-7H2,1H3,(H,21,22). The fourth-order valence-corrected chi connectivity index (χ4v) is 2.79. The first-order valence-corrected chi connectivity index (χ1v) is 8.62. The molecule has 0 atom stereocenters. The van der Waals surface area contributed by atoms with Gasteiger partial charge in [0.05, 0.1) is 6.42 Å². The van der Waals surface area contributed by atoms with E-state index in [0.717, 1.165) is 10.5 Å². The Kier molecular flexibility index (Phi) is 6.08. The van der Waals surface area contributed by atoms with Gasteiger partial charge in [-0.25, -0.2) is 15.0 Å². The molecule has 1 N–H and O–H groups in total. The van der Waals surface area contributed by atoms with E-state index in [1.807, 2.05) is 24.3 Å². The number of carboxylic acid groups (broad SMARTS) is 1. The second-order valence-electron chi connectivity index (χ2n) is 4.54. The third-order valence-electron chi connectivity index (χ3n) is 2.70. The molecule has 9 heteroatoms. The molecule has 1 heterocycles. The number of aliphatic carboxylic acids is 1. The van der Waals surface area contributed by atoms with Crippen molar-refractivity contribution in [1.29, 1.82) is 0 Å². The number of carbonyl (C=O) groups is 1. The van der Waals surface area contributed by atoms with Gasteiger partial charge in [-0.3, -0.25) is 4.79 Å². The average Bonchev–Trinajstić information content (AvgIpc) is 2.46. The topological polar surface area (TPSA) is 76.0 Å². The lowest BCUT2D eigenvalue weighted by molar-refractivity contribution is -0.136. The van der Waals surface area contributed by atoms with Gasteiger partial charge in [0.2, 0.25) is 3.79 Å². The Balaban J connectivity index is 2.19. The van der Waals surface area contributed by atoms with E-state index in [4.69, 9.17) is 39.9 Å². The lowest BCUT2D eigenvalue weighted by atomic mass is 10.2. The van der Waals surface area contributed by atoms with Crippen molar-refractivity contribution in [3.05, 3.63) is 35.9 Å². The van der Waals surface area contributed by atoms with Gasteiger partial charge in [0.25, 0.3) is 0 Å². The lowest BCUT2D eigenvalue weighted by Gasteiger charge is -2.11. The fourth-order valence-electron chi connectivity index (χ4n) is 1.69. The van der Waals surface area contributed by atoms with Crippen molar-refractivity contribution in [1.82, 2.24) is 15.0 Å². The molecule has 0 radical (unpaired) electrons. The Labute approximate surface area is 152 Å². The Bertz CT molecular complexity index is 705. The first-order chi connectivity index (χ1) is 10.8. The number of hydrogen-bond donors (Lipinski definition) is 1. The predicted molar refractivity (Wildman–Crippen MR) is 92.2 cm³/mol. The minimum absolute atomic E-state index is 0.0740. The van der Waals surface area contributed by atoms with Crippen molar-refractivity contribution in [3.63, 3.8) is 0 Å². The number of aryl methyl sites for hydroxylation is 1. The molecule has 5 nitrogen and oxygen atoms in total. The zero-order valence-corrected chi connectivity index (χ0v) is 15.0. The molecular weight excluding hydrogens is 381 g/mol. The molecule has 2 rings (SSSR count).